The Morgan fingerprint density at radius 3 is 2.45 bits per heavy atom. The number of nitrogens with zero attached hydrogens (tertiary/aromatic N) is 5. The lowest BCUT2D eigenvalue weighted by molar-refractivity contribution is -0.137. The first-order valence-corrected chi connectivity index (χ1v) is 8.08. The van der Waals surface area contributed by atoms with Crippen LogP contribution in [0.1, 0.15) is 16.2 Å². The summed E-state index contributed by atoms with van der Waals surface area (Å²) in [5.41, 5.74) is 4.24. The van der Waals surface area contributed by atoms with Gasteiger partial charge in [0.15, 0.2) is 0 Å². The third-order valence-corrected chi connectivity index (χ3v) is 3.26. The highest BCUT2D eigenvalue weighted by molar-refractivity contribution is 5.89. The van der Waals surface area contributed by atoms with Crippen molar-refractivity contribution in [2.24, 2.45) is 5.73 Å². The van der Waals surface area contributed by atoms with Gasteiger partial charge in [0.05, 0.1) is 5.56 Å². The van der Waals surface area contributed by atoms with Crippen molar-refractivity contribution in [2.45, 2.75) is 6.18 Å². The summed E-state index contributed by atoms with van der Waals surface area (Å²) in [6.07, 6.45) is -0.188. The monoisotopic (exact) mass is 406 g/mol. The second-order valence-corrected chi connectivity index (χ2v) is 5.67. The zero-order chi connectivity index (χ0) is 21.4. The molecular formula is C18H17F3N6O2. The molecular weight excluding hydrogens is 389 g/mol. The van der Waals surface area contributed by atoms with E-state index in [-0.39, 0.29) is 17.5 Å². The zero-order valence-electron chi connectivity index (χ0n) is 15.5. The van der Waals surface area contributed by atoms with E-state index in [1.807, 2.05) is 14.1 Å². The first-order valence-electron chi connectivity index (χ1n) is 8.08. The molecule has 3 rings (SSSR count). The van der Waals surface area contributed by atoms with Gasteiger partial charge in [-0.05, 0) is 24.3 Å². The standard InChI is InChI=1S/C11H7F3N2O.C7H10N4O/c12-11(13,14)8-2-1-3-9(6-8)17-10-4-5-15-7-16-10;1-11(2)5-3-4-9-7(10-5)6(8)12/h1-7H;3-4H,1-2H3,(H2,8,12). The average Bonchev–Trinajstić information content (AvgIpc) is 2.69. The predicted molar refractivity (Wildman–Crippen MR) is 98.4 cm³/mol. The van der Waals surface area contributed by atoms with Crippen LogP contribution in [0.4, 0.5) is 19.0 Å². The topological polar surface area (TPSA) is 107 Å². The number of rotatable bonds is 4. The van der Waals surface area contributed by atoms with Crippen LogP contribution < -0.4 is 15.4 Å². The molecule has 1 aromatic carbocycles. The first kappa shape index (κ1) is 21.5. The molecule has 11 heteroatoms. The minimum absolute atomic E-state index is 0.0428. The quantitative estimate of drug-likeness (QED) is 0.710. The Labute approximate surface area is 164 Å². The molecule has 0 unspecified atom stereocenters. The van der Waals surface area contributed by atoms with Crippen LogP contribution in [0.5, 0.6) is 11.6 Å². The lowest BCUT2D eigenvalue weighted by Gasteiger charge is -2.10. The molecule has 0 radical (unpaired) electrons. The third kappa shape index (κ3) is 6.72. The van der Waals surface area contributed by atoms with Gasteiger partial charge < -0.3 is 15.4 Å². The number of hydrogen-bond acceptors (Lipinski definition) is 7. The van der Waals surface area contributed by atoms with Gasteiger partial charge >= 0.3 is 6.18 Å². The van der Waals surface area contributed by atoms with E-state index in [9.17, 15) is 18.0 Å². The Kier molecular flexibility index (Phi) is 7.01. The molecule has 1 amide bonds. The fourth-order valence-corrected chi connectivity index (χ4v) is 1.91. The van der Waals surface area contributed by atoms with E-state index in [4.69, 9.17) is 10.5 Å². The van der Waals surface area contributed by atoms with Gasteiger partial charge in [-0.1, -0.05) is 6.07 Å². The Morgan fingerprint density at radius 2 is 1.86 bits per heavy atom. The molecule has 0 bridgehead atoms. The normalized spacial score (nSPS) is 10.5. The summed E-state index contributed by atoms with van der Waals surface area (Å²) in [4.78, 5) is 27.5. The van der Waals surface area contributed by atoms with Crippen LogP contribution in [0.2, 0.25) is 0 Å². The van der Waals surface area contributed by atoms with Crippen molar-refractivity contribution >= 4 is 11.7 Å². The molecule has 2 N–H and O–H groups in total. The van der Waals surface area contributed by atoms with Gasteiger partial charge in [-0.25, -0.2) is 19.9 Å². The first-order chi connectivity index (χ1) is 13.7. The highest BCUT2D eigenvalue weighted by Gasteiger charge is 2.30. The van der Waals surface area contributed by atoms with Crippen LogP contribution in [-0.4, -0.2) is 39.9 Å². The summed E-state index contributed by atoms with van der Waals surface area (Å²) in [5.74, 6) is 0.372. The molecule has 0 saturated carbocycles. The molecule has 0 fully saturated rings. The van der Waals surface area contributed by atoms with E-state index in [2.05, 4.69) is 19.9 Å². The van der Waals surface area contributed by atoms with Crippen LogP contribution in [0, 0.1) is 0 Å². The lowest BCUT2D eigenvalue weighted by atomic mass is 10.2. The van der Waals surface area contributed by atoms with Gasteiger partial charge in [-0.2, -0.15) is 13.2 Å². The summed E-state index contributed by atoms with van der Waals surface area (Å²) in [5, 5.41) is 0. The van der Waals surface area contributed by atoms with Crippen molar-refractivity contribution in [1.82, 2.24) is 19.9 Å². The van der Waals surface area contributed by atoms with Crippen LogP contribution in [0.25, 0.3) is 0 Å². The van der Waals surface area contributed by atoms with Crippen molar-refractivity contribution in [3.05, 3.63) is 66.5 Å². The zero-order valence-corrected chi connectivity index (χ0v) is 15.5. The number of benzene rings is 1. The maximum atomic E-state index is 12.4. The highest BCUT2D eigenvalue weighted by Crippen LogP contribution is 2.32. The van der Waals surface area contributed by atoms with Crippen molar-refractivity contribution < 1.29 is 22.7 Å². The Balaban J connectivity index is 0.000000221. The number of carbonyl (C=O) groups excluding carboxylic acids is 1. The molecule has 2 heterocycles. The minimum atomic E-state index is -4.38. The summed E-state index contributed by atoms with van der Waals surface area (Å²) < 4.78 is 42.4. The van der Waals surface area contributed by atoms with E-state index < -0.39 is 17.6 Å². The predicted octanol–water partition coefficient (Wildman–Crippen LogP) is 2.93. The van der Waals surface area contributed by atoms with E-state index in [1.54, 1.807) is 11.0 Å². The van der Waals surface area contributed by atoms with Crippen LogP contribution in [0.15, 0.2) is 55.1 Å². The summed E-state index contributed by atoms with van der Waals surface area (Å²) in [6, 6.07) is 7.76. The van der Waals surface area contributed by atoms with Crippen molar-refractivity contribution in [3.63, 3.8) is 0 Å². The number of alkyl halides is 3. The molecule has 0 aliphatic heterocycles. The average molecular weight is 406 g/mol. The molecule has 2 aromatic heterocycles. The minimum Gasteiger partial charge on any atom is -0.439 e. The maximum Gasteiger partial charge on any atom is 0.416 e. The van der Waals surface area contributed by atoms with E-state index in [0.717, 1.165) is 12.1 Å². The van der Waals surface area contributed by atoms with E-state index in [1.165, 1.54) is 36.9 Å². The summed E-state index contributed by atoms with van der Waals surface area (Å²) >= 11 is 0. The van der Waals surface area contributed by atoms with Gasteiger partial charge in [0.2, 0.25) is 11.7 Å². The smallest absolute Gasteiger partial charge is 0.416 e. The molecule has 29 heavy (non-hydrogen) atoms. The number of nitrogens with two attached hydrogens (primary N) is 1. The Morgan fingerprint density at radius 1 is 1.10 bits per heavy atom. The van der Waals surface area contributed by atoms with Crippen molar-refractivity contribution in [3.8, 4) is 11.6 Å². The highest BCUT2D eigenvalue weighted by atomic mass is 19.4. The van der Waals surface area contributed by atoms with Crippen LogP contribution >= 0.6 is 0 Å². The Hall–Kier alpha value is -3.76. The second kappa shape index (κ2) is 9.44. The maximum absolute atomic E-state index is 12.4. The number of hydrogen-bond donors (Lipinski definition) is 1. The fourth-order valence-electron chi connectivity index (χ4n) is 1.91. The van der Waals surface area contributed by atoms with Gasteiger partial charge in [0.25, 0.3) is 5.91 Å². The van der Waals surface area contributed by atoms with Gasteiger partial charge in [-0.3, -0.25) is 4.79 Å². The molecule has 0 aliphatic rings. The van der Waals surface area contributed by atoms with Crippen molar-refractivity contribution in [2.75, 3.05) is 19.0 Å². The van der Waals surface area contributed by atoms with Crippen LogP contribution in [0.3, 0.4) is 0 Å². The number of carbonyl (C=O) groups is 1. The number of primary amides is 1. The summed E-state index contributed by atoms with van der Waals surface area (Å²) in [6.45, 7) is 0. The molecule has 0 atom stereocenters. The van der Waals surface area contributed by atoms with Crippen molar-refractivity contribution in [1.29, 1.82) is 0 Å². The molecule has 0 spiro atoms. The molecule has 3 aromatic rings. The largest absolute Gasteiger partial charge is 0.439 e. The number of aromatic nitrogens is 4. The molecule has 0 aliphatic carbocycles. The fraction of sp³-hybridized carbons (Fsp3) is 0.167. The lowest BCUT2D eigenvalue weighted by Crippen LogP contribution is -2.18. The second-order valence-electron chi connectivity index (χ2n) is 5.67. The van der Waals surface area contributed by atoms with E-state index >= 15 is 0 Å². The number of ether oxygens (including phenoxy) is 1. The number of halogens is 3. The van der Waals surface area contributed by atoms with E-state index in [0.29, 0.717) is 5.82 Å². The number of amides is 1. The SMILES string of the molecule is CN(C)c1ccnc(C(N)=O)n1.FC(F)(F)c1cccc(Oc2ccncn2)c1. The molecule has 8 nitrogen and oxygen atoms in total. The Bertz CT molecular complexity index is 952. The van der Waals surface area contributed by atoms with Gasteiger partial charge in [0, 0.05) is 32.6 Å². The summed E-state index contributed by atoms with van der Waals surface area (Å²) in [7, 11) is 3.65. The third-order valence-electron chi connectivity index (χ3n) is 3.26. The van der Waals surface area contributed by atoms with Crippen LogP contribution in [-0.2, 0) is 6.18 Å². The van der Waals surface area contributed by atoms with Gasteiger partial charge in [0.1, 0.15) is 17.9 Å². The molecule has 152 valence electrons. The molecule has 0 saturated heterocycles. The van der Waals surface area contributed by atoms with Gasteiger partial charge in [-0.15, -0.1) is 0 Å². The number of anilines is 1.